The molecule has 2 aromatic rings. The van der Waals surface area contributed by atoms with E-state index in [0.29, 0.717) is 24.9 Å². The maximum Gasteiger partial charge on any atom is 0.171 e. The van der Waals surface area contributed by atoms with E-state index in [2.05, 4.69) is 10.6 Å². The van der Waals surface area contributed by atoms with Crippen LogP contribution in [0, 0.1) is 6.92 Å². The first-order chi connectivity index (χ1) is 11.6. The number of anilines is 1. The van der Waals surface area contributed by atoms with Crippen molar-refractivity contribution in [3.05, 3.63) is 53.6 Å². The van der Waals surface area contributed by atoms with Crippen molar-refractivity contribution in [2.75, 3.05) is 18.5 Å². The molecule has 0 radical (unpaired) electrons. The Morgan fingerprint density at radius 3 is 2.42 bits per heavy atom. The highest BCUT2D eigenvalue weighted by atomic mass is 32.1. The Bertz CT molecular complexity index is 689. The molecule has 0 aromatic heterocycles. The molecule has 2 aromatic carbocycles. The van der Waals surface area contributed by atoms with Crippen LogP contribution in [0.15, 0.2) is 42.5 Å². The number of hydrogen-bond donors (Lipinski definition) is 2. The SMILES string of the molecule is CCOc1ccc(CNC(=S)Nc2ccccc2C)cc1OCC. The van der Waals surface area contributed by atoms with Gasteiger partial charge in [-0.3, -0.25) is 0 Å². The summed E-state index contributed by atoms with van der Waals surface area (Å²) in [5, 5.41) is 7.03. The molecule has 0 amide bonds. The maximum atomic E-state index is 5.65. The number of rotatable bonds is 7. The van der Waals surface area contributed by atoms with Gasteiger partial charge in [-0.05, 0) is 62.3 Å². The lowest BCUT2D eigenvalue weighted by Gasteiger charge is -2.14. The van der Waals surface area contributed by atoms with Gasteiger partial charge >= 0.3 is 0 Å². The molecule has 0 aliphatic rings. The summed E-state index contributed by atoms with van der Waals surface area (Å²) in [6, 6.07) is 14.0. The van der Waals surface area contributed by atoms with Gasteiger partial charge in [-0.15, -0.1) is 0 Å². The first-order valence-corrected chi connectivity index (χ1v) is 8.53. The molecule has 0 atom stereocenters. The van der Waals surface area contributed by atoms with Gasteiger partial charge in [0.2, 0.25) is 0 Å². The number of thiocarbonyl (C=S) groups is 1. The normalized spacial score (nSPS) is 10.1. The summed E-state index contributed by atoms with van der Waals surface area (Å²) < 4.78 is 11.2. The third-order valence-corrected chi connectivity index (χ3v) is 3.70. The zero-order valence-corrected chi connectivity index (χ0v) is 15.2. The highest BCUT2D eigenvalue weighted by molar-refractivity contribution is 7.80. The van der Waals surface area contributed by atoms with E-state index in [1.165, 1.54) is 0 Å². The zero-order valence-electron chi connectivity index (χ0n) is 14.4. The van der Waals surface area contributed by atoms with Crippen molar-refractivity contribution in [2.45, 2.75) is 27.3 Å². The van der Waals surface area contributed by atoms with Crippen molar-refractivity contribution in [1.29, 1.82) is 0 Å². The van der Waals surface area contributed by atoms with Crippen LogP contribution >= 0.6 is 12.2 Å². The van der Waals surface area contributed by atoms with E-state index in [9.17, 15) is 0 Å². The van der Waals surface area contributed by atoms with E-state index < -0.39 is 0 Å². The Labute approximate surface area is 149 Å². The summed E-state index contributed by atoms with van der Waals surface area (Å²) in [5.74, 6) is 1.53. The van der Waals surface area contributed by atoms with Gasteiger partial charge < -0.3 is 20.1 Å². The summed E-state index contributed by atoms with van der Waals surface area (Å²) in [6.07, 6.45) is 0. The van der Waals surface area contributed by atoms with Crippen molar-refractivity contribution in [1.82, 2.24) is 5.32 Å². The molecule has 0 aliphatic carbocycles. The van der Waals surface area contributed by atoms with Crippen LogP contribution in [-0.4, -0.2) is 18.3 Å². The third-order valence-electron chi connectivity index (χ3n) is 3.45. The predicted molar refractivity (Wildman–Crippen MR) is 103 cm³/mol. The molecular formula is C19H24N2O2S. The molecule has 128 valence electrons. The quantitative estimate of drug-likeness (QED) is 0.734. The minimum absolute atomic E-state index is 0.594. The second-order valence-corrected chi connectivity index (χ2v) is 5.68. The smallest absolute Gasteiger partial charge is 0.171 e. The first kappa shape index (κ1) is 18.1. The van der Waals surface area contributed by atoms with Crippen LogP contribution in [0.25, 0.3) is 0 Å². The topological polar surface area (TPSA) is 42.5 Å². The van der Waals surface area contributed by atoms with Gasteiger partial charge in [0, 0.05) is 12.2 Å². The van der Waals surface area contributed by atoms with Gasteiger partial charge in [0.25, 0.3) is 0 Å². The molecule has 0 aliphatic heterocycles. The molecule has 4 nitrogen and oxygen atoms in total. The first-order valence-electron chi connectivity index (χ1n) is 8.13. The van der Waals surface area contributed by atoms with Crippen molar-refractivity contribution >= 4 is 23.0 Å². The third kappa shape index (κ3) is 5.13. The average Bonchev–Trinajstić information content (AvgIpc) is 2.57. The number of para-hydroxylation sites is 1. The van der Waals surface area contributed by atoms with Crippen molar-refractivity contribution < 1.29 is 9.47 Å². The Hall–Kier alpha value is -2.27. The van der Waals surface area contributed by atoms with Crippen LogP contribution < -0.4 is 20.1 Å². The minimum Gasteiger partial charge on any atom is -0.490 e. The lowest BCUT2D eigenvalue weighted by atomic mass is 10.2. The Morgan fingerprint density at radius 1 is 1.00 bits per heavy atom. The molecular weight excluding hydrogens is 320 g/mol. The Morgan fingerprint density at radius 2 is 1.71 bits per heavy atom. The van der Waals surface area contributed by atoms with Crippen molar-refractivity contribution in [2.24, 2.45) is 0 Å². The zero-order chi connectivity index (χ0) is 17.4. The van der Waals surface area contributed by atoms with E-state index >= 15 is 0 Å². The predicted octanol–water partition coefficient (Wildman–Crippen LogP) is 4.28. The molecule has 0 spiro atoms. The average molecular weight is 344 g/mol. The van der Waals surface area contributed by atoms with E-state index in [1.54, 1.807) is 0 Å². The van der Waals surface area contributed by atoms with Crippen LogP contribution in [0.2, 0.25) is 0 Å². The molecule has 2 N–H and O–H groups in total. The summed E-state index contributed by atoms with van der Waals surface area (Å²) in [6.45, 7) is 7.80. The fraction of sp³-hybridized carbons (Fsp3) is 0.316. The van der Waals surface area contributed by atoms with Crippen molar-refractivity contribution in [3.63, 3.8) is 0 Å². The molecule has 5 heteroatoms. The number of aryl methyl sites for hydroxylation is 1. The highest BCUT2D eigenvalue weighted by Crippen LogP contribution is 2.28. The Balaban J connectivity index is 1.97. The number of hydrogen-bond acceptors (Lipinski definition) is 3. The fourth-order valence-electron chi connectivity index (χ4n) is 2.27. The van der Waals surface area contributed by atoms with Gasteiger partial charge in [-0.1, -0.05) is 24.3 Å². The summed E-state index contributed by atoms with van der Waals surface area (Å²) in [5.41, 5.74) is 3.24. The molecule has 2 rings (SSSR count). The van der Waals surface area contributed by atoms with Crippen LogP contribution in [0.4, 0.5) is 5.69 Å². The van der Waals surface area contributed by atoms with Crippen molar-refractivity contribution in [3.8, 4) is 11.5 Å². The Kier molecular flexibility index (Phi) is 6.88. The van der Waals surface area contributed by atoms with Crippen LogP contribution in [0.3, 0.4) is 0 Å². The molecule has 0 heterocycles. The lowest BCUT2D eigenvalue weighted by Crippen LogP contribution is -2.28. The van der Waals surface area contributed by atoms with Crippen LogP contribution in [0.1, 0.15) is 25.0 Å². The number of nitrogens with one attached hydrogen (secondary N) is 2. The molecule has 0 saturated heterocycles. The maximum absolute atomic E-state index is 5.65. The summed E-state index contributed by atoms with van der Waals surface area (Å²) >= 11 is 5.37. The van der Waals surface area contributed by atoms with E-state index in [1.807, 2.05) is 63.2 Å². The monoisotopic (exact) mass is 344 g/mol. The van der Waals surface area contributed by atoms with Crippen LogP contribution in [-0.2, 0) is 6.54 Å². The van der Waals surface area contributed by atoms with Crippen LogP contribution in [0.5, 0.6) is 11.5 Å². The van der Waals surface area contributed by atoms with E-state index in [4.69, 9.17) is 21.7 Å². The fourth-order valence-corrected chi connectivity index (χ4v) is 2.45. The van der Waals surface area contributed by atoms with Gasteiger partial charge in [-0.25, -0.2) is 0 Å². The summed E-state index contributed by atoms with van der Waals surface area (Å²) in [4.78, 5) is 0. The number of ether oxygens (including phenoxy) is 2. The molecule has 0 bridgehead atoms. The largest absolute Gasteiger partial charge is 0.490 e. The molecule has 0 unspecified atom stereocenters. The van der Waals surface area contributed by atoms with Gasteiger partial charge in [-0.2, -0.15) is 0 Å². The minimum atomic E-state index is 0.594. The molecule has 0 fully saturated rings. The standard InChI is InChI=1S/C19H24N2O2S/c1-4-22-17-11-10-15(12-18(17)23-5-2)13-20-19(24)21-16-9-7-6-8-14(16)3/h6-12H,4-5,13H2,1-3H3,(H2,20,21,24). The second-order valence-electron chi connectivity index (χ2n) is 5.27. The summed E-state index contributed by atoms with van der Waals surface area (Å²) in [7, 11) is 0. The van der Waals surface area contributed by atoms with Gasteiger partial charge in [0.1, 0.15) is 0 Å². The van der Waals surface area contributed by atoms with E-state index in [0.717, 1.165) is 28.3 Å². The highest BCUT2D eigenvalue weighted by Gasteiger charge is 2.07. The van der Waals surface area contributed by atoms with Gasteiger partial charge in [0.15, 0.2) is 16.6 Å². The van der Waals surface area contributed by atoms with Gasteiger partial charge in [0.05, 0.1) is 13.2 Å². The molecule has 0 saturated carbocycles. The second kappa shape index (κ2) is 9.13. The molecule has 24 heavy (non-hydrogen) atoms. The number of benzene rings is 2. The van der Waals surface area contributed by atoms with E-state index in [-0.39, 0.29) is 0 Å². The lowest BCUT2D eigenvalue weighted by molar-refractivity contribution is 0.287.